The van der Waals surface area contributed by atoms with Crippen LogP contribution in [0.3, 0.4) is 0 Å². The monoisotopic (exact) mass is 283 g/mol. The van der Waals surface area contributed by atoms with E-state index in [9.17, 15) is 0 Å². The summed E-state index contributed by atoms with van der Waals surface area (Å²) in [6.07, 6.45) is 4.08. The largest absolute Gasteiger partial charge is 0.488 e. The van der Waals surface area contributed by atoms with Crippen molar-refractivity contribution in [3.05, 3.63) is 48.2 Å². The third-order valence-electron chi connectivity index (χ3n) is 3.56. The first-order valence-electron chi connectivity index (χ1n) is 7.53. The number of para-hydroxylation sites is 1. The molecule has 0 spiro atoms. The van der Waals surface area contributed by atoms with Gasteiger partial charge in [0.2, 0.25) is 0 Å². The molecule has 1 aliphatic rings. The highest BCUT2D eigenvalue weighted by atomic mass is 16.5. The van der Waals surface area contributed by atoms with Crippen molar-refractivity contribution in [3.63, 3.8) is 0 Å². The third-order valence-corrected chi connectivity index (χ3v) is 3.56. The maximum Gasteiger partial charge on any atom is 0.127 e. The van der Waals surface area contributed by atoms with Crippen molar-refractivity contribution in [2.45, 2.75) is 25.9 Å². The Kier molecular flexibility index (Phi) is 4.24. The van der Waals surface area contributed by atoms with Crippen LogP contribution in [0.1, 0.15) is 18.9 Å². The zero-order valence-electron chi connectivity index (χ0n) is 12.3. The van der Waals surface area contributed by atoms with Crippen LogP contribution < -0.4 is 15.4 Å². The molecule has 1 unspecified atom stereocenters. The molecule has 1 aromatic carbocycles. The molecule has 2 N–H and O–H groups in total. The van der Waals surface area contributed by atoms with Gasteiger partial charge in [-0.2, -0.15) is 0 Å². The van der Waals surface area contributed by atoms with Gasteiger partial charge in [-0.05, 0) is 24.1 Å². The minimum absolute atomic E-state index is 0.197. The van der Waals surface area contributed by atoms with E-state index in [0.717, 1.165) is 43.2 Å². The lowest BCUT2D eigenvalue weighted by Gasteiger charge is -2.13. The molecule has 2 heterocycles. The van der Waals surface area contributed by atoms with Gasteiger partial charge >= 0.3 is 0 Å². The summed E-state index contributed by atoms with van der Waals surface area (Å²) < 4.78 is 5.93. The van der Waals surface area contributed by atoms with E-state index in [2.05, 4.69) is 34.7 Å². The van der Waals surface area contributed by atoms with Crippen molar-refractivity contribution < 1.29 is 4.74 Å². The molecule has 0 bridgehead atoms. The fourth-order valence-electron chi connectivity index (χ4n) is 2.49. The Morgan fingerprint density at radius 2 is 2.14 bits per heavy atom. The number of pyridine rings is 1. The Labute approximate surface area is 125 Å². The van der Waals surface area contributed by atoms with E-state index in [4.69, 9.17) is 4.74 Å². The van der Waals surface area contributed by atoms with Gasteiger partial charge in [0.1, 0.15) is 17.7 Å². The Bertz CT molecular complexity index is 575. The molecule has 21 heavy (non-hydrogen) atoms. The third kappa shape index (κ3) is 3.45. The standard InChI is InChI=1S/C17H21N3O/c1-2-8-18-17-11-14(7-9-19-17)20-12-15-10-13-5-3-4-6-16(13)21-15/h3-7,9,11,15H,2,8,10,12H2,1H3,(H2,18,19,20). The van der Waals surface area contributed by atoms with Crippen LogP contribution in [-0.2, 0) is 6.42 Å². The molecule has 4 heteroatoms. The maximum absolute atomic E-state index is 5.93. The van der Waals surface area contributed by atoms with Crippen LogP contribution in [0.5, 0.6) is 5.75 Å². The molecule has 1 aliphatic heterocycles. The van der Waals surface area contributed by atoms with Gasteiger partial charge < -0.3 is 15.4 Å². The lowest BCUT2D eigenvalue weighted by atomic mass is 10.1. The molecule has 4 nitrogen and oxygen atoms in total. The van der Waals surface area contributed by atoms with E-state index in [1.54, 1.807) is 0 Å². The maximum atomic E-state index is 5.93. The molecule has 0 fully saturated rings. The summed E-state index contributed by atoms with van der Waals surface area (Å²) in [5.41, 5.74) is 2.37. The van der Waals surface area contributed by atoms with Crippen LogP contribution in [0.25, 0.3) is 0 Å². The first-order valence-corrected chi connectivity index (χ1v) is 7.53. The SMILES string of the molecule is CCCNc1cc(NCC2Cc3ccccc3O2)ccn1. The molecule has 0 radical (unpaired) electrons. The minimum atomic E-state index is 0.197. The summed E-state index contributed by atoms with van der Waals surface area (Å²) in [4.78, 5) is 4.31. The van der Waals surface area contributed by atoms with Gasteiger partial charge in [-0.3, -0.25) is 0 Å². The number of ether oxygens (including phenoxy) is 1. The predicted octanol–water partition coefficient (Wildman–Crippen LogP) is 3.32. The molecule has 3 rings (SSSR count). The van der Waals surface area contributed by atoms with Crippen LogP contribution in [0.15, 0.2) is 42.6 Å². The molecular formula is C17H21N3O. The fourth-order valence-corrected chi connectivity index (χ4v) is 2.49. The molecule has 0 saturated carbocycles. The highest BCUT2D eigenvalue weighted by Crippen LogP contribution is 2.28. The quantitative estimate of drug-likeness (QED) is 0.853. The molecular weight excluding hydrogens is 262 g/mol. The van der Waals surface area contributed by atoms with Crippen molar-refractivity contribution in [2.24, 2.45) is 0 Å². The number of benzene rings is 1. The van der Waals surface area contributed by atoms with Gasteiger partial charge in [0.05, 0.1) is 6.54 Å². The second-order valence-corrected chi connectivity index (χ2v) is 5.29. The van der Waals surface area contributed by atoms with Crippen molar-refractivity contribution in [1.82, 2.24) is 4.98 Å². The average molecular weight is 283 g/mol. The van der Waals surface area contributed by atoms with Gasteiger partial charge in [0, 0.05) is 30.9 Å². The number of anilines is 2. The number of fused-ring (bicyclic) bond motifs is 1. The van der Waals surface area contributed by atoms with Gasteiger partial charge in [0.25, 0.3) is 0 Å². The first-order chi connectivity index (χ1) is 10.3. The van der Waals surface area contributed by atoms with Crippen molar-refractivity contribution >= 4 is 11.5 Å². The second kappa shape index (κ2) is 6.48. The molecule has 2 aromatic rings. The Morgan fingerprint density at radius 3 is 3.00 bits per heavy atom. The second-order valence-electron chi connectivity index (χ2n) is 5.29. The molecule has 1 atom stereocenters. The summed E-state index contributed by atoms with van der Waals surface area (Å²) >= 11 is 0. The van der Waals surface area contributed by atoms with Gasteiger partial charge in [-0.15, -0.1) is 0 Å². The molecule has 0 aliphatic carbocycles. The molecule has 0 saturated heterocycles. The molecule has 0 amide bonds. The summed E-state index contributed by atoms with van der Waals surface area (Å²) in [5.74, 6) is 1.93. The van der Waals surface area contributed by atoms with E-state index in [1.807, 2.05) is 30.5 Å². The van der Waals surface area contributed by atoms with Crippen molar-refractivity contribution in [1.29, 1.82) is 0 Å². The molecule has 110 valence electrons. The van der Waals surface area contributed by atoms with Gasteiger partial charge in [-0.1, -0.05) is 25.1 Å². The number of nitrogens with one attached hydrogen (secondary N) is 2. The summed E-state index contributed by atoms with van der Waals surface area (Å²) in [5, 5.41) is 6.73. The zero-order chi connectivity index (χ0) is 14.5. The Balaban J connectivity index is 1.54. The van der Waals surface area contributed by atoms with E-state index in [-0.39, 0.29) is 6.10 Å². The smallest absolute Gasteiger partial charge is 0.127 e. The predicted molar refractivity (Wildman–Crippen MR) is 86.1 cm³/mol. The number of hydrogen-bond acceptors (Lipinski definition) is 4. The highest BCUT2D eigenvalue weighted by Gasteiger charge is 2.21. The van der Waals surface area contributed by atoms with Gasteiger partial charge in [0.15, 0.2) is 0 Å². The Hall–Kier alpha value is -2.23. The van der Waals surface area contributed by atoms with Crippen LogP contribution >= 0.6 is 0 Å². The van der Waals surface area contributed by atoms with E-state index < -0.39 is 0 Å². The topological polar surface area (TPSA) is 46.2 Å². The minimum Gasteiger partial charge on any atom is -0.488 e. The molecule has 1 aromatic heterocycles. The summed E-state index contributed by atoms with van der Waals surface area (Å²) in [6, 6.07) is 12.3. The lowest BCUT2D eigenvalue weighted by Crippen LogP contribution is -2.24. The van der Waals surface area contributed by atoms with E-state index >= 15 is 0 Å². The van der Waals surface area contributed by atoms with Crippen LogP contribution in [0.2, 0.25) is 0 Å². The number of hydrogen-bond donors (Lipinski definition) is 2. The average Bonchev–Trinajstić information content (AvgIpc) is 2.94. The van der Waals surface area contributed by atoms with Crippen LogP contribution in [0.4, 0.5) is 11.5 Å². The number of aromatic nitrogens is 1. The van der Waals surface area contributed by atoms with E-state index in [0.29, 0.717) is 0 Å². The number of rotatable bonds is 6. The highest BCUT2D eigenvalue weighted by molar-refractivity contribution is 5.52. The van der Waals surface area contributed by atoms with Crippen LogP contribution in [-0.4, -0.2) is 24.2 Å². The first kappa shape index (κ1) is 13.7. The van der Waals surface area contributed by atoms with Gasteiger partial charge in [-0.25, -0.2) is 4.98 Å². The normalized spacial score (nSPS) is 16.1. The van der Waals surface area contributed by atoms with Crippen molar-refractivity contribution in [2.75, 3.05) is 23.7 Å². The lowest BCUT2D eigenvalue weighted by molar-refractivity contribution is 0.246. The summed E-state index contributed by atoms with van der Waals surface area (Å²) in [6.45, 7) is 3.88. The Morgan fingerprint density at radius 1 is 1.24 bits per heavy atom. The number of nitrogens with zero attached hydrogens (tertiary/aromatic N) is 1. The van der Waals surface area contributed by atoms with Crippen molar-refractivity contribution in [3.8, 4) is 5.75 Å². The summed E-state index contributed by atoms with van der Waals surface area (Å²) in [7, 11) is 0. The zero-order valence-corrected chi connectivity index (χ0v) is 12.3. The van der Waals surface area contributed by atoms with Crippen LogP contribution in [0, 0.1) is 0 Å². The van der Waals surface area contributed by atoms with E-state index in [1.165, 1.54) is 5.56 Å². The fraction of sp³-hybridized carbons (Fsp3) is 0.353.